The van der Waals surface area contributed by atoms with E-state index < -0.39 is 5.82 Å². The number of nitrogens with zero attached hydrogens (tertiary/aromatic N) is 4. The van der Waals surface area contributed by atoms with Crippen LogP contribution in [0.3, 0.4) is 0 Å². The summed E-state index contributed by atoms with van der Waals surface area (Å²) in [5.41, 5.74) is 1.93. The molecule has 1 aliphatic heterocycles. The number of hydrogen-bond donors (Lipinski definition) is 0. The molecule has 3 heterocycles. The van der Waals surface area contributed by atoms with Crippen LogP contribution in [0.25, 0.3) is 0 Å². The van der Waals surface area contributed by atoms with Crippen LogP contribution in [-0.4, -0.2) is 45.0 Å². The van der Waals surface area contributed by atoms with Crippen molar-refractivity contribution in [3.63, 3.8) is 0 Å². The third-order valence-corrected chi connectivity index (χ3v) is 3.85. The Labute approximate surface area is 139 Å². The van der Waals surface area contributed by atoms with Gasteiger partial charge in [0.05, 0.1) is 18.3 Å². The number of halogens is 1. The zero-order chi connectivity index (χ0) is 17.1. The molecule has 1 fully saturated rings. The highest BCUT2D eigenvalue weighted by Gasteiger charge is 2.26. The molecule has 0 N–H and O–H groups in total. The summed E-state index contributed by atoms with van der Waals surface area (Å²) >= 11 is 0. The number of likely N-dealkylation sites (tertiary alicyclic amines) is 1. The minimum atomic E-state index is -0.519. The predicted molar refractivity (Wildman–Crippen MR) is 85.3 cm³/mol. The fourth-order valence-corrected chi connectivity index (χ4v) is 2.83. The minimum Gasteiger partial charge on any atom is -0.458 e. The summed E-state index contributed by atoms with van der Waals surface area (Å²) in [6.07, 6.45) is 3.91. The molecule has 0 bridgehead atoms. The van der Waals surface area contributed by atoms with Crippen LogP contribution < -0.4 is 4.74 Å². The van der Waals surface area contributed by atoms with Crippen LogP contribution in [-0.2, 0) is 0 Å². The number of aromatic nitrogens is 3. The lowest BCUT2D eigenvalue weighted by Crippen LogP contribution is -2.44. The normalized spacial score (nSPS) is 17.6. The molecule has 1 amide bonds. The van der Waals surface area contributed by atoms with E-state index in [2.05, 4.69) is 15.0 Å². The Kier molecular flexibility index (Phi) is 4.69. The Morgan fingerprint density at radius 2 is 2.00 bits per heavy atom. The van der Waals surface area contributed by atoms with Crippen molar-refractivity contribution < 1.29 is 13.9 Å². The predicted octanol–water partition coefficient (Wildman–Crippen LogP) is 2.31. The second-order valence-electron chi connectivity index (χ2n) is 5.96. The van der Waals surface area contributed by atoms with Gasteiger partial charge in [0.2, 0.25) is 0 Å². The largest absolute Gasteiger partial charge is 0.458 e. The highest BCUT2D eigenvalue weighted by Crippen LogP contribution is 2.18. The molecule has 1 aliphatic rings. The number of carbonyl (C=O) groups is 1. The molecule has 0 spiro atoms. The van der Waals surface area contributed by atoms with E-state index in [1.165, 1.54) is 12.3 Å². The fourth-order valence-electron chi connectivity index (χ4n) is 2.83. The summed E-state index contributed by atoms with van der Waals surface area (Å²) < 4.78 is 19.1. The van der Waals surface area contributed by atoms with Crippen molar-refractivity contribution in [2.45, 2.75) is 32.8 Å². The van der Waals surface area contributed by atoms with Gasteiger partial charge >= 0.3 is 6.01 Å². The van der Waals surface area contributed by atoms with Gasteiger partial charge in [0, 0.05) is 24.1 Å². The Morgan fingerprint density at radius 3 is 2.71 bits per heavy atom. The maximum absolute atomic E-state index is 13.3. The molecule has 2 aromatic rings. The number of pyridine rings is 1. The van der Waals surface area contributed by atoms with Gasteiger partial charge in [-0.15, -0.1) is 0 Å². The fraction of sp³-hybridized carbons (Fsp3) is 0.412. The Bertz CT molecular complexity index is 733. The van der Waals surface area contributed by atoms with Crippen LogP contribution in [0.5, 0.6) is 6.01 Å². The first-order chi connectivity index (χ1) is 11.5. The first-order valence-corrected chi connectivity index (χ1v) is 7.90. The lowest BCUT2D eigenvalue weighted by Gasteiger charge is -2.32. The van der Waals surface area contributed by atoms with Crippen molar-refractivity contribution >= 4 is 5.91 Å². The molecular weight excluding hydrogens is 311 g/mol. The van der Waals surface area contributed by atoms with Crippen LogP contribution >= 0.6 is 0 Å². The van der Waals surface area contributed by atoms with E-state index in [-0.39, 0.29) is 17.6 Å². The number of ether oxygens (including phenoxy) is 1. The number of piperidine rings is 1. The molecule has 1 atom stereocenters. The van der Waals surface area contributed by atoms with Crippen molar-refractivity contribution in [2.24, 2.45) is 0 Å². The molecule has 0 saturated carbocycles. The number of aryl methyl sites for hydroxylation is 2. The summed E-state index contributed by atoms with van der Waals surface area (Å²) in [4.78, 5) is 26.4. The van der Waals surface area contributed by atoms with Gasteiger partial charge in [-0.05, 0) is 38.8 Å². The second-order valence-corrected chi connectivity index (χ2v) is 5.96. The zero-order valence-corrected chi connectivity index (χ0v) is 13.7. The SMILES string of the molecule is Cc1cc(C)nc(OC2CCCN(C(=O)c3cncc(F)c3)C2)n1. The molecule has 3 rings (SSSR count). The number of hydrogen-bond acceptors (Lipinski definition) is 5. The lowest BCUT2D eigenvalue weighted by atomic mass is 10.1. The highest BCUT2D eigenvalue weighted by atomic mass is 19.1. The topological polar surface area (TPSA) is 68.2 Å². The quantitative estimate of drug-likeness (QED) is 0.864. The van der Waals surface area contributed by atoms with Gasteiger partial charge in [0.25, 0.3) is 5.91 Å². The Morgan fingerprint density at radius 1 is 1.25 bits per heavy atom. The van der Waals surface area contributed by atoms with E-state index in [4.69, 9.17) is 4.74 Å². The highest BCUT2D eigenvalue weighted by molar-refractivity contribution is 5.94. The summed E-state index contributed by atoms with van der Waals surface area (Å²) in [7, 11) is 0. The molecule has 126 valence electrons. The van der Waals surface area contributed by atoms with E-state index in [0.717, 1.165) is 30.4 Å². The molecule has 0 radical (unpaired) electrons. The van der Waals surface area contributed by atoms with Gasteiger partial charge in [-0.25, -0.2) is 14.4 Å². The van der Waals surface area contributed by atoms with Gasteiger partial charge in [0.1, 0.15) is 11.9 Å². The van der Waals surface area contributed by atoms with E-state index in [1.54, 1.807) is 4.90 Å². The summed E-state index contributed by atoms with van der Waals surface area (Å²) in [6.45, 7) is 4.80. The molecule has 1 unspecified atom stereocenters. The van der Waals surface area contributed by atoms with Gasteiger partial charge in [-0.2, -0.15) is 0 Å². The van der Waals surface area contributed by atoms with Crippen LogP contribution in [0.2, 0.25) is 0 Å². The molecule has 0 aliphatic carbocycles. The smallest absolute Gasteiger partial charge is 0.317 e. The maximum atomic E-state index is 13.3. The van der Waals surface area contributed by atoms with E-state index in [0.29, 0.717) is 19.1 Å². The lowest BCUT2D eigenvalue weighted by molar-refractivity contribution is 0.0514. The summed E-state index contributed by atoms with van der Waals surface area (Å²) in [5.74, 6) is -0.758. The standard InChI is InChI=1S/C17H19FN4O2/c1-11-6-12(2)21-17(20-11)24-15-4-3-5-22(10-15)16(23)13-7-14(18)9-19-8-13/h6-9,15H,3-5,10H2,1-2H3. The zero-order valence-electron chi connectivity index (χ0n) is 13.7. The van der Waals surface area contributed by atoms with Crippen molar-refractivity contribution in [2.75, 3.05) is 13.1 Å². The van der Waals surface area contributed by atoms with Crippen molar-refractivity contribution in [3.05, 3.63) is 47.3 Å². The summed E-state index contributed by atoms with van der Waals surface area (Å²) in [6, 6.07) is 3.41. The monoisotopic (exact) mass is 330 g/mol. The Hall–Kier alpha value is -2.57. The maximum Gasteiger partial charge on any atom is 0.317 e. The Balaban J connectivity index is 1.69. The van der Waals surface area contributed by atoms with Crippen molar-refractivity contribution in [3.8, 4) is 6.01 Å². The number of carbonyl (C=O) groups excluding carboxylic acids is 1. The first-order valence-electron chi connectivity index (χ1n) is 7.90. The molecule has 6 nitrogen and oxygen atoms in total. The second kappa shape index (κ2) is 6.90. The minimum absolute atomic E-state index is 0.176. The summed E-state index contributed by atoms with van der Waals surface area (Å²) in [5, 5.41) is 0. The van der Waals surface area contributed by atoms with Gasteiger partial charge in [-0.3, -0.25) is 9.78 Å². The van der Waals surface area contributed by atoms with Gasteiger partial charge < -0.3 is 9.64 Å². The van der Waals surface area contributed by atoms with Crippen LogP contribution in [0.1, 0.15) is 34.6 Å². The van der Waals surface area contributed by atoms with E-state index in [1.807, 2.05) is 19.9 Å². The molecule has 2 aromatic heterocycles. The van der Waals surface area contributed by atoms with Crippen LogP contribution in [0.4, 0.5) is 4.39 Å². The molecule has 1 saturated heterocycles. The number of amides is 1. The average molecular weight is 330 g/mol. The molecular formula is C17H19FN4O2. The molecule has 0 aromatic carbocycles. The average Bonchev–Trinajstić information content (AvgIpc) is 2.53. The molecule has 24 heavy (non-hydrogen) atoms. The van der Waals surface area contributed by atoms with Gasteiger partial charge in [0.15, 0.2) is 0 Å². The van der Waals surface area contributed by atoms with Gasteiger partial charge in [-0.1, -0.05) is 0 Å². The van der Waals surface area contributed by atoms with Crippen molar-refractivity contribution in [1.82, 2.24) is 19.9 Å². The van der Waals surface area contributed by atoms with E-state index in [9.17, 15) is 9.18 Å². The third-order valence-electron chi connectivity index (χ3n) is 3.85. The van der Waals surface area contributed by atoms with Crippen LogP contribution in [0, 0.1) is 19.7 Å². The van der Waals surface area contributed by atoms with Crippen molar-refractivity contribution in [1.29, 1.82) is 0 Å². The molecule has 7 heteroatoms. The third kappa shape index (κ3) is 3.84. The van der Waals surface area contributed by atoms with E-state index >= 15 is 0 Å². The number of rotatable bonds is 3. The first kappa shape index (κ1) is 16.3. The van der Waals surface area contributed by atoms with Crippen LogP contribution in [0.15, 0.2) is 24.5 Å².